The second-order valence-electron chi connectivity index (χ2n) is 5.73. The van der Waals surface area contributed by atoms with E-state index in [1.165, 1.54) is 0 Å². The van der Waals surface area contributed by atoms with E-state index in [0.29, 0.717) is 13.0 Å². The third-order valence-electron chi connectivity index (χ3n) is 2.93. The van der Waals surface area contributed by atoms with Gasteiger partial charge in [-0.2, -0.15) is 0 Å². The van der Waals surface area contributed by atoms with Crippen LogP contribution in [0.4, 0.5) is 4.79 Å². The van der Waals surface area contributed by atoms with Gasteiger partial charge in [0, 0.05) is 0 Å². The molecule has 0 aromatic carbocycles. The van der Waals surface area contributed by atoms with Crippen LogP contribution < -0.4 is 10.6 Å². The van der Waals surface area contributed by atoms with E-state index in [1.807, 2.05) is 0 Å². The van der Waals surface area contributed by atoms with Crippen molar-refractivity contribution < 1.29 is 17.9 Å². The maximum Gasteiger partial charge on any atom is 0.413 e. The van der Waals surface area contributed by atoms with Crippen molar-refractivity contribution in [3.8, 4) is 0 Å². The maximum absolute atomic E-state index is 11.9. The summed E-state index contributed by atoms with van der Waals surface area (Å²) in [6.45, 7) is 5.93. The van der Waals surface area contributed by atoms with Gasteiger partial charge in [0.15, 0.2) is 0 Å². The topological polar surface area (TPSA) is 96.9 Å². The zero-order valence-electron chi connectivity index (χ0n) is 11.3. The molecule has 2 heterocycles. The van der Waals surface area contributed by atoms with Gasteiger partial charge < -0.3 is 10.1 Å². The lowest BCUT2D eigenvalue weighted by molar-refractivity contribution is 0.0561. The average molecular weight is 289 g/mol. The minimum absolute atomic E-state index is 0.138. The number of alkyl carbamates (subject to hydrolysis) is 1. The summed E-state index contributed by atoms with van der Waals surface area (Å²) in [4.78, 5) is 11.7. The highest BCUT2D eigenvalue weighted by Crippen LogP contribution is 2.25. The molecule has 19 heavy (non-hydrogen) atoms. The van der Waals surface area contributed by atoms with Crippen molar-refractivity contribution in [1.29, 1.82) is 0 Å². The van der Waals surface area contributed by atoms with Gasteiger partial charge in [-0.15, -0.1) is 4.40 Å². The van der Waals surface area contributed by atoms with Gasteiger partial charge in [0.1, 0.15) is 16.7 Å². The van der Waals surface area contributed by atoms with Crippen molar-refractivity contribution >= 4 is 22.0 Å². The molecule has 0 radical (unpaired) electrons. The fourth-order valence-corrected chi connectivity index (χ4v) is 3.83. The van der Waals surface area contributed by atoms with E-state index >= 15 is 0 Å². The number of piperidine rings is 1. The van der Waals surface area contributed by atoms with Crippen LogP contribution in [0.2, 0.25) is 0 Å². The van der Waals surface area contributed by atoms with Crippen LogP contribution in [0.15, 0.2) is 4.40 Å². The molecule has 1 fully saturated rings. The van der Waals surface area contributed by atoms with Gasteiger partial charge in [-0.3, -0.25) is 5.32 Å². The molecule has 2 rings (SSSR count). The molecule has 0 aliphatic carbocycles. The van der Waals surface area contributed by atoms with E-state index in [9.17, 15) is 13.2 Å². The van der Waals surface area contributed by atoms with Crippen LogP contribution in [-0.2, 0) is 14.8 Å². The lowest BCUT2D eigenvalue weighted by atomic mass is 10.0. The Bertz CT molecular complexity index is 507. The summed E-state index contributed by atoms with van der Waals surface area (Å²) in [5.41, 5.74) is -0.637. The number of nitrogens with zero attached hydrogens (tertiary/aromatic N) is 1. The van der Waals surface area contributed by atoms with Gasteiger partial charge in [-0.25, -0.2) is 13.2 Å². The van der Waals surface area contributed by atoms with E-state index in [0.717, 1.165) is 6.42 Å². The van der Waals surface area contributed by atoms with Gasteiger partial charge in [0.05, 0.1) is 6.04 Å². The predicted octanol–water partition coefficient (Wildman–Crippen LogP) is 0.374. The number of amidine groups is 1. The highest BCUT2D eigenvalue weighted by atomic mass is 32.2. The Hall–Kier alpha value is -1.15. The Labute approximate surface area is 112 Å². The summed E-state index contributed by atoms with van der Waals surface area (Å²) in [5.74, 6) is 0.138. The Morgan fingerprint density at radius 1 is 1.47 bits per heavy atom. The van der Waals surface area contributed by atoms with Crippen LogP contribution in [-0.4, -0.2) is 43.8 Å². The van der Waals surface area contributed by atoms with Crippen LogP contribution >= 0.6 is 0 Å². The fraction of sp³-hybridized carbons (Fsp3) is 0.818. The first-order valence-electron chi connectivity index (χ1n) is 6.26. The molecule has 1 saturated heterocycles. The van der Waals surface area contributed by atoms with Crippen molar-refractivity contribution in [3.63, 3.8) is 0 Å². The quantitative estimate of drug-likeness (QED) is 0.671. The fourth-order valence-electron chi connectivity index (χ4n) is 2.22. The van der Waals surface area contributed by atoms with E-state index in [1.54, 1.807) is 20.8 Å². The first kappa shape index (κ1) is 14.3. The molecule has 2 atom stereocenters. The SMILES string of the molecule is CC(C)(C)OC(=O)NC1=NS(=O)(=O)[C@H]2CCCN[C@H]12. The van der Waals surface area contributed by atoms with Crippen LogP contribution in [0.5, 0.6) is 0 Å². The third kappa shape index (κ3) is 3.24. The lowest BCUT2D eigenvalue weighted by Gasteiger charge is -2.26. The first-order valence-corrected chi connectivity index (χ1v) is 7.76. The number of rotatable bonds is 0. The van der Waals surface area contributed by atoms with Crippen molar-refractivity contribution in [2.75, 3.05) is 6.54 Å². The molecule has 2 N–H and O–H groups in total. The number of carbonyl (C=O) groups excluding carboxylic acids is 1. The second kappa shape index (κ2) is 4.75. The number of hydrogen-bond acceptors (Lipinski definition) is 5. The van der Waals surface area contributed by atoms with Gasteiger partial charge in [-0.05, 0) is 40.2 Å². The highest BCUT2D eigenvalue weighted by Gasteiger charge is 2.45. The van der Waals surface area contributed by atoms with Crippen molar-refractivity contribution in [2.45, 2.75) is 50.5 Å². The number of nitrogens with one attached hydrogen (secondary N) is 2. The van der Waals surface area contributed by atoms with Gasteiger partial charge >= 0.3 is 6.09 Å². The monoisotopic (exact) mass is 289 g/mol. The number of hydrogen-bond donors (Lipinski definition) is 2. The molecule has 1 amide bonds. The average Bonchev–Trinajstić information content (AvgIpc) is 2.49. The molecule has 8 heteroatoms. The van der Waals surface area contributed by atoms with E-state index in [4.69, 9.17) is 4.74 Å². The first-order chi connectivity index (χ1) is 8.69. The van der Waals surface area contributed by atoms with E-state index in [2.05, 4.69) is 15.0 Å². The molecule has 2 aliphatic heterocycles. The predicted molar refractivity (Wildman–Crippen MR) is 70.5 cm³/mol. The van der Waals surface area contributed by atoms with Crippen molar-refractivity contribution in [2.24, 2.45) is 4.40 Å². The van der Waals surface area contributed by atoms with E-state index < -0.39 is 33.0 Å². The molecule has 0 bridgehead atoms. The molecule has 0 spiro atoms. The molecule has 0 unspecified atom stereocenters. The third-order valence-corrected chi connectivity index (χ3v) is 4.66. The molecule has 108 valence electrons. The molecular weight excluding hydrogens is 270 g/mol. The summed E-state index contributed by atoms with van der Waals surface area (Å²) in [5, 5.41) is 4.93. The Morgan fingerprint density at radius 3 is 2.79 bits per heavy atom. The smallest absolute Gasteiger partial charge is 0.413 e. The molecular formula is C11H19N3O4S. The second-order valence-corrected chi connectivity index (χ2v) is 7.55. The largest absolute Gasteiger partial charge is 0.444 e. The standard InChI is InChI=1S/C11H19N3O4S/c1-11(2,3)18-10(15)13-9-8-7(5-4-6-12-8)19(16,17)14-9/h7-8,12H,4-6H2,1-3H3,(H,13,14,15)/t7-,8-/m0/s1. The summed E-state index contributed by atoms with van der Waals surface area (Å²) < 4.78 is 32.5. The van der Waals surface area contributed by atoms with Crippen LogP contribution in [0.25, 0.3) is 0 Å². The van der Waals surface area contributed by atoms with Crippen molar-refractivity contribution in [3.05, 3.63) is 0 Å². The zero-order chi connectivity index (χ0) is 14.3. The molecule has 0 aromatic rings. The minimum Gasteiger partial charge on any atom is -0.444 e. The number of carbonyl (C=O) groups is 1. The number of fused-ring (bicyclic) bond motifs is 1. The van der Waals surface area contributed by atoms with Gasteiger partial charge in [-0.1, -0.05) is 0 Å². The molecule has 0 aromatic heterocycles. The summed E-state index contributed by atoms with van der Waals surface area (Å²) in [7, 11) is -3.53. The van der Waals surface area contributed by atoms with Crippen LogP contribution in [0, 0.1) is 0 Å². The molecule has 7 nitrogen and oxygen atoms in total. The summed E-state index contributed by atoms with van der Waals surface area (Å²) in [6.07, 6.45) is 0.660. The normalized spacial score (nSPS) is 29.3. The highest BCUT2D eigenvalue weighted by molar-refractivity contribution is 7.91. The Morgan fingerprint density at radius 2 is 2.16 bits per heavy atom. The van der Waals surface area contributed by atoms with Crippen LogP contribution in [0.3, 0.4) is 0 Å². The van der Waals surface area contributed by atoms with Crippen LogP contribution in [0.1, 0.15) is 33.6 Å². The van der Waals surface area contributed by atoms with Gasteiger partial charge in [0.2, 0.25) is 0 Å². The van der Waals surface area contributed by atoms with E-state index in [-0.39, 0.29) is 5.84 Å². The Kier molecular flexibility index (Phi) is 3.57. The zero-order valence-corrected chi connectivity index (χ0v) is 12.1. The number of sulfonamides is 1. The number of ether oxygens (including phenoxy) is 1. The van der Waals surface area contributed by atoms with Crippen molar-refractivity contribution in [1.82, 2.24) is 10.6 Å². The maximum atomic E-state index is 11.9. The minimum atomic E-state index is -3.53. The molecule has 2 aliphatic rings. The molecule has 0 saturated carbocycles. The summed E-state index contributed by atoms with van der Waals surface area (Å²) >= 11 is 0. The Balaban J connectivity index is 2.10. The van der Waals surface area contributed by atoms with Gasteiger partial charge in [0.25, 0.3) is 10.0 Å². The lowest BCUT2D eigenvalue weighted by Crippen LogP contribution is -2.53. The summed E-state index contributed by atoms with van der Waals surface area (Å²) in [6, 6.07) is -0.439. The number of amides is 1.